The molecule has 0 amide bonds. The van der Waals surface area contributed by atoms with E-state index in [4.69, 9.17) is 5.73 Å². The summed E-state index contributed by atoms with van der Waals surface area (Å²) in [6.45, 7) is 6.44. The maximum Gasteiger partial charge on any atom is 0.0649 e. The van der Waals surface area contributed by atoms with Gasteiger partial charge in [-0.1, -0.05) is 11.8 Å². The van der Waals surface area contributed by atoms with Crippen LogP contribution in [0.1, 0.15) is 4.88 Å². The molecule has 0 radical (unpaired) electrons. The van der Waals surface area contributed by atoms with Crippen molar-refractivity contribution in [3.8, 4) is 0 Å². The first-order chi connectivity index (χ1) is 11.3. The van der Waals surface area contributed by atoms with Crippen LogP contribution in [-0.4, -0.2) is 43.4 Å². The Bertz CT molecular complexity index is 591. The first-order valence-electron chi connectivity index (χ1n) is 7.96. The lowest BCUT2D eigenvalue weighted by molar-refractivity contribution is 0.255. The second kappa shape index (κ2) is 9.11. The van der Waals surface area contributed by atoms with E-state index in [-0.39, 0.29) is 0 Å². The Morgan fingerprint density at radius 1 is 1.04 bits per heavy atom. The van der Waals surface area contributed by atoms with E-state index in [1.807, 2.05) is 23.5 Å². The van der Waals surface area contributed by atoms with Gasteiger partial charge in [0.15, 0.2) is 0 Å². The number of hydrogen-bond donors (Lipinski definition) is 2. The fraction of sp³-hybridized carbons (Fsp3) is 0.412. The number of benzene rings is 1. The maximum atomic E-state index is 5.67. The molecule has 1 aliphatic rings. The van der Waals surface area contributed by atoms with Gasteiger partial charge in [0.05, 0.1) is 4.21 Å². The van der Waals surface area contributed by atoms with E-state index in [0.717, 1.165) is 18.8 Å². The minimum atomic E-state index is 0.633. The van der Waals surface area contributed by atoms with E-state index in [2.05, 4.69) is 46.6 Å². The van der Waals surface area contributed by atoms with Gasteiger partial charge in [0.2, 0.25) is 0 Å². The summed E-state index contributed by atoms with van der Waals surface area (Å²) in [5, 5.41) is 3.40. The fourth-order valence-corrected chi connectivity index (χ4v) is 5.41. The lowest BCUT2D eigenvalue weighted by atomic mass is 10.4. The fourth-order valence-electron chi connectivity index (χ4n) is 2.47. The molecule has 124 valence electrons. The molecule has 0 bridgehead atoms. The predicted molar refractivity (Wildman–Crippen MR) is 103 cm³/mol. The van der Waals surface area contributed by atoms with Gasteiger partial charge in [-0.05, 0) is 36.4 Å². The minimum absolute atomic E-state index is 0.633. The lowest BCUT2D eigenvalue weighted by Crippen LogP contribution is -2.44. The molecule has 0 unspecified atom stereocenters. The summed E-state index contributed by atoms with van der Waals surface area (Å²) in [6, 6.07) is 13.2. The predicted octanol–water partition coefficient (Wildman–Crippen LogP) is 3.36. The Kier molecular flexibility index (Phi) is 6.86. The minimum Gasteiger partial charge on any atom is -0.326 e. The van der Waals surface area contributed by atoms with Crippen molar-refractivity contribution < 1.29 is 0 Å². The van der Waals surface area contributed by atoms with Crippen molar-refractivity contribution in [3.63, 3.8) is 0 Å². The maximum absolute atomic E-state index is 5.67. The molecule has 1 fully saturated rings. The number of rotatable bonds is 7. The van der Waals surface area contributed by atoms with Gasteiger partial charge >= 0.3 is 0 Å². The van der Waals surface area contributed by atoms with Crippen molar-refractivity contribution in [2.24, 2.45) is 5.73 Å². The third-order valence-corrected chi connectivity index (χ3v) is 7.01. The van der Waals surface area contributed by atoms with E-state index in [9.17, 15) is 0 Å². The third kappa shape index (κ3) is 5.52. The van der Waals surface area contributed by atoms with E-state index >= 15 is 0 Å². The molecule has 1 aliphatic heterocycles. The summed E-state index contributed by atoms with van der Waals surface area (Å²) >= 11 is 5.55. The number of nitrogens with two attached hydrogens (primary N) is 1. The van der Waals surface area contributed by atoms with Crippen molar-refractivity contribution in [1.29, 1.82) is 0 Å². The van der Waals surface area contributed by atoms with Gasteiger partial charge in [0.1, 0.15) is 0 Å². The Morgan fingerprint density at radius 2 is 1.78 bits per heavy atom. The highest BCUT2D eigenvalue weighted by atomic mass is 32.2. The summed E-state index contributed by atoms with van der Waals surface area (Å²) in [6.07, 6.45) is 0. The lowest BCUT2D eigenvalue weighted by Gasteiger charge is -2.26. The smallest absolute Gasteiger partial charge is 0.0649 e. The molecule has 2 heterocycles. The highest BCUT2D eigenvalue weighted by molar-refractivity contribution is 8.01. The molecule has 1 aromatic heterocycles. The van der Waals surface area contributed by atoms with Gasteiger partial charge in [-0.25, -0.2) is 0 Å². The van der Waals surface area contributed by atoms with Gasteiger partial charge in [0, 0.05) is 59.7 Å². The molecule has 1 saturated heterocycles. The Balaban J connectivity index is 1.44. The van der Waals surface area contributed by atoms with Crippen LogP contribution in [0, 0.1) is 0 Å². The second-order valence-electron chi connectivity index (χ2n) is 5.44. The van der Waals surface area contributed by atoms with Gasteiger partial charge in [0.25, 0.3) is 0 Å². The van der Waals surface area contributed by atoms with Crippen LogP contribution in [-0.2, 0) is 6.54 Å². The number of thioether (sulfide) groups is 1. The van der Waals surface area contributed by atoms with Crippen LogP contribution >= 0.6 is 34.9 Å². The highest BCUT2D eigenvalue weighted by Crippen LogP contribution is 2.34. The zero-order valence-corrected chi connectivity index (χ0v) is 15.6. The monoisotopic (exact) mass is 365 g/mol. The molecule has 3 nitrogen and oxygen atoms in total. The molecular weight excluding hydrogens is 342 g/mol. The van der Waals surface area contributed by atoms with Crippen molar-refractivity contribution in [2.45, 2.75) is 20.5 Å². The van der Waals surface area contributed by atoms with Crippen molar-refractivity contribution in [3.05, 3.63) is 41.3 Å². The summed E-state index contributed by atoms with van der Waals surface area (Å²) in [7, 11) is 0. The molecule has 3 N–H and O–H groups in total. The van der Waals surface area contributed by atoms with E-state index in [1.54, 1.807) is 11.3 Å². The number of nitrogens with zero attached hydrogens (tertiary/aromatic N) is 1. The van der Waals surface area contributed by atoms with Gasteiger partial charge in [-0.2, -0.15) is 0 Å². The Hall–Kier alpha value is -0.500. The van der Waals surface area contributed by atoms with Crippen molar-refractivity contribution in [2.75, 3.05) is 38.5 Å². The van der Waals surface area contributed by atoms with Crippen LogP contribution in [0.2, 0.25) is 0 Å². The number of thiophene rings is 1. The zero-order valence-electron chi connectivity index (χ0n) is 13.2. The molecule has 23 heavy (non-hydrogen) atoms. The molecule has 0 saturated carbocycles. The molecule has 1 aromatic carbocycles. The van der Waals surface area contributed by atoms with Crippen molar-refractivity contribution >= 4 is 34.9 Å². The second-order valence-corrected chi connectivity index (χ2v) is 9.15. The summed E-state index contributed by atoms with van der Waals surface area (Å²) in [5.41, 5.74) is 5.67. The SMILES string of the molecule is NCc1ccc(Sc2ccc(SCCN3CCNCC3)cc2)s1. The summed E-state index contributed by atoms with van der Waals surface area (Å²) in [4.78, 5) is 6.44. The first-order valence-corrected chi connectivity index (χ1v) is 10.6. The normalized spacial score (nSPS) is 15.9. The van der Waals surface area contributed by atoms with Crippen LogP contribution in [0.5, 0.6) is 0 Å². The van der Waals surface area contributed by atoms with Crippen LogP contribution < -0.4 is 11.1 Å². The molecule has 2 aromatic rings. The van der Waals surface area contributed by atoms with Crippen LogP contribution in [0.3, 0.4) is 0 Å². The van der Waals surface area contributed by atoms with Crippen LogP contribution in [0.4, 0.5) is 0 Å². The molecular formula is C17H23N3S3. The van der Waals surface area contributed by atoms with Crippen LogP contribution in [0.15, 0.2) is 50.4 Å². The zero-order chi connectivity index (χ0) is 15.9. The number of piperazine rings is 1. The standard InChI is InChI=1S/C17H23N3S3/c18-13-16-5-6-17(23-16)22-15-3-1-14(2-4-15)21-12-11-20-9-7-19-8-10-20/h1-6,19H,7-13,18H2. The topological polar surface area (TPSA) is 41.3 Å². The quantitative estimate of drug-likeness (QED) is 0.737. The van der Waals surface area contributed by atoms with E-state index in [1.165, 1.54) is 38.5 Å². The molecule has 0 atom stereocenters. The Morgan fingerprint density at radius 3 is 2.48 bits per heavy atom. The molecule has 3 rings (SSSR count). The first kappa shape index (κ1) is 17.3. The largest absolute Gasteiger partial charge is 0.326 e. The van der Waals surface area contributed by atoms with Gasteiger partial charge in [-0.3, -0.25) is 4.90 Å². The third-order valence-electron chi connectivity index (χ3n) is 3.77. The van der Waals surface area contributed by atoms with Gasteiger partial charge < -0.3 is 11.1 Å². The number of nitrogens with one attached hydrogen (secondary N) is 1. The highest BCUT2D eigenvalue weighted by Gasteiger charge is 2.08. The Labute approximate surface area is 151 Å². The number of hydrogen-bond acceptors (Lipinski definition) is 6. The summed E-state index contributed by atoms with van der Waals surface area (Å²) < 4.78 is 1.31. The van der Waals surface area contributed by atoms with Crippen LogP contribution in [0.25, 0.3) is 0 Å². The molecule has 0 aliphatic carbocycles. The van der Waals surface area contributed by atoms with E-state index < -0.39 is 0 Å². The average molecular weight is 366 g/mol. The average Bonchev–Trinajstić information content (AvgIpc) is 3.05. The molecule has 6 heteroatoms. The van der Waals surface area contributed by atoms with Gasteiger partial charge in [-0.15, -0.1) is 23.1 Å². The van der Waals surface area contributed by atoms with E-state index in [0.29, 0.717) is 6.54 Å². The summed E-state index contributed by atoms with van der Waals surface area (Å²) in [5.74, 6) is 1.16. The molecule has 0 spiro atoms. The van der Waals surface area contributed by atoms with Crippen molar-refractivity contribution in [1.82, 2.24) is 10.2 Å².